The van der Waals surface area contributed by atoms with Crippen LogP contribution in [0.1, 0.15) is 38.6 Å². The van der Waals surface area contributed by atoms with E-state index in [2.05, 4.69) is 33.0 Å². The first-order valence-electron chi connectivity index (χ1n) is 6.66. The lowest BCUT2D eigenvalue weighted by molar-refractivity contribution is 0.0478. The normalized spacial score (nSPS) is 12.6. The van der Waals surface area contributed by atoms with Gasteiger partial charge < -0.3 is 15.0 Å². The Morgan fingerprint density at radius 2 is 2.20 bits per heavy atom. The molecule has 0 aliphatic carbocycles. The summed E-state index contributed by atoms with van der Waals surface area (Å²) in [5.74, 6) is 0.989. The molecule has 5 nitrogen and oxygen atoms in total. The Hall–Kier alpha value is -1.40. The number of benzene rings is 1. The molecule has 2 rings (SSSR count). The first kappa shape index (κ1) is 15.0. The van der Waals surface area contributed by atoms with E-state index in [0.717, 1.165) is 22.9 Å². The van der Waals surface area contributed by atoms with Crippen LogP contribution < -0.4 is 5.73 Å². The van der Waals surface area contributed by atoms with E-state index in [1.165, 1.54) is 0 Å². The van der Waals surface area contributed by atoms with Gasteiger partial charge in [0.1, 0.15) is 6.10 Å². The smallest absolute Gasteiger partial charge is 0.260 e. The lowest BCUT2D eigenvalue weighted by Crippen LogP contribution is -2.06. The van der Waals surface area contributed by atoms with E-state index in [9.17, 15) is 0 Å². The zero-order valence-corrected chi connectivity index (χ0v) is 13.2. The van der Waals surface area contributed by atoms with Crippen molar-refractivity contribution in [2.24, 2.45) is 0 Å². The lowest BCUT2D eigenvalue weighted by atomic mass is 10.2. The highest BCUT2D eigenvalue weighted by Gasteiger charge is 2.19. The number of hydrogen-bond donors (Lipinski definition) is 1. The minimum atomic E-state index is -0.129. The maximum absolute atomic E-state index is 6.01. The van der Waals surface area contributed by atoms with Gasteiger partial charge in [0.25, 0.3) is 5.89 Å². The number of nitrogens with zero attached hydrogens (tertiary/aromatic N) is 2. The molecule has 1 aromatic carbocycles. The second-order valence-electron chi connectivity index (χ2n) is 4.39. The molecule has 20 heavy (non-hydrogen) atoms. The van der Waals surface area contributed by atoms with Crippen molar-refractivity contribution in [1.29, 1.82) is 0 Å². The van der Waals surface area contributed by atoms with Crippen molar-refractivity contribution >= 4 is 21.6 Å². The summed E-state index contributed by atoms with van der Waals surface area (Å²) in [5.41, 5.74) is 7.33. The van der Waals surface area contributed by atoms with Gasteiger partial charge in [-0.1, -0.05) is 24.6 Å². The van der Waals surface area contributed by atoms with Gasteiger partial charge >= 0.3 is 0 Å². The predicted molar refractivity (Wildman–Crippen MR) is 81.1 cm³/mol. The van der Waals surface area contributed by atoms with Crippen molar-refractivity contribution in [3.63, 3.8) is 0 Å². The van der Waals surface area contributed by atoms with E-state index in [1.807, 2.05) is 25.1 Å². The molecule has 0 amide bonds. The Bertz CT molecular complexity index is 565. The van der Waals surface area contributed by atoms with Crippen LogP contribution in [0.3, 0.4) is 0 Å². The summed E-state index contributed by atoms with van der Waals surface area (Å²) in [6.45, 7) is 4.67. The molecule has 0 bridgehead atoms. The van der Waals surface area contributed by atoms with Crippen molar-refractivity contribution < 1.29 is 9.26 Å². The third-order valence-corrected chi connectivity index (χ3v) is 3.62. The highest BCUT2D eigenvalue weighted by Crippen LogP contribution is 2.31. The number of hydrogen-bond acceptors (Lipinski definition) is 5. The van der Waals surface area contributed by atoms with Crippen molar-refractivity contribution in [3.05, 3.63) is 28.5 Å². The Morgan fingerprint density at radius 1 is 1.40 bits per heavy atom. The fourth-order valence-electron chi connectivity index (χ4n) is 1.95. The quantitative estimate of drug-likeness (QED) is 0.806. The molecule has 0 fully saturated rings. The summed E-state index contributed by atoms with van der Waals surface area (Å²) < 4.78 is 11.8. The van der Waals surface area contributed by atoms with Crippen molar-refractivity contribution in [3.8, 4) is 11.5 Å². The van der Waals surface area contributed by atoms with E-state index < -0.39 is 0 Å². The summed E-state index contributed by atoms with van der Waals surface area (Å²) >= 11 is 3.39. The largest absolute Gasteiger partial charge is 0.397 e. The van der Waals surface area contributed by atoms with E-state index in [0.29, 0.717) is 24.0 Å². The van der Waals surface area contributed by atoms with E-state index in [1.54, 1.807) is 0 Å². The molecular weight excluding hydrogens is 322 g/mol. The summed E-state index contributed by atoms with van der Waals surface area (Å²) in [6, 6.07) is 5.61. The van der Waals surface area contributed by atoms with Gasteiger partial charge in [0.05, 0.1) is 11.3 Å². The number of para-hydroxylation sites is 1. The van der Waals surface area contributed by atoms with Crippen LogP contribution >= 0.6 is 15.9 Å². The number of nitrogens with two attached hydrogens (primary N) is 1. The van der Waals surface area contributed by atoms with Crippen LogP contribution in [0.25, 0.3) is 11.5 Å². The van der Waals surface area contributed by atoms with Gasteiger partial charge in [-0.05, 0) is 41.4 Å². The molecule has 2 aromatic rings. The van der Waals surface area contributed by atoms with Gasteiger partial charge in [0.2, 0.25) is 5.82 Å². The Labute approximate surface area is 126 Å². The topological polar surface area (TPSA) is 74.2 Å². The number of nitrogen functional groups attached to an aromatic ring is 1. The standard InChI is InChI=1S/C14H18BrN3O2/c1-3-6-11(19-4-2)13-17-14(20-18-13)9-7-5-8-10(15)12(9)16/h5,7-8,11H,3-4,6,16H2,1-2H3. The summed E-state index contributed by atoms with van der Waals surface area (Å²) in [5, 5.41) is 4.02. The SMILES string of the molecule is CCCC(OCC)c1noc(-c2cccc(Br)c2N)n1. The Kier molecular flexibility index (Phi) is 5.14. The van der Waals surface area contributed by atoms with Gasteiger partial charge in [-0.15, -0.1) is 0 Å². The average molecular weight is 340 g/mol. The predicted octanol–water partition coefficient (Wildman–Crippen LogP) is 3.96. The van der Waals surface area contributed by atoms with Crippen LogP contribution in [0.5, 0.6) is 0 Å². The maximum atomic E-state index is 6.01. The number of aromatic nitrogens is 2. The molecule has 0 saturated carbocycles. The fourth-order valence-corrected chi connectivity index (χ4v) is 2.32. The Balaban J connectivity index is 2.30. The zero-order chi connectivity index (χ0) is 14.5. The molecule has 0 radical (unpaired) electrons. The molecular formula is C14H18BrN3O2. The van der Waals surface area contributed by atoms with Crippen LogP contribution in [0.15, 0.2) is 27.2 Å². The third kappa shape index (κ3) is 3.19. The van der Waals surface area contributed by atoms with Crippen LogP contribution in [0.2, 0.25) is 0 Å². The van der Waals surface area contributed by atoms with Crippen LogP contribution in [-0.4, -0.2) is 16.7 Å². The van der Waals surface area contributed by atoms with Crippen LogP contribution in [0, 0.1) is 0 Å². The van der Waals surface area contributed by atoms with Gasteiger partial charge in [-0.2, -0.15) is 4.98 Å². The molecule has 1 aromatic heterocycles. The molecule has 0 saturated heterocycles. The third-order valence-electron chi connectivity index (χ3n) is 2.93. The average Bonchev–Trinajstić information content (AvgIpc) is 2.91. The number of ether oxygens (including phenoxy) is 1. The zero-order valence-electron chi connectivity index (χ0n) is 11.6. The molecule has 0 spiro atoms. The number of anilines is 1. The first-order chi connectivity index (χ1) is 9.67. The monoisotopic (exact) mass is 339 g/mol. The molecule has 0 aliphatic rings. The van der Waals surface area contributed by atoms with Crippen molar-refractivity contribution in [2.45, 2.75) is 32.8 Å². The van der Waals surface area contributed by atoms with E-state index in [4.69, 9.17) is 15.0 Å². The number of halogens is 1. The minimum Gasteiger partial charge on any atom is -0.397 e. The van der Waals surface area contributed by atoms with Gasteiger partial charge in [-0.25, -0.2) is 0 Å². The Morgan fingerprint density at radius 3 is 2.90 bits per heavy atom. The van der Waals surface area contributed by atoms with Gasteiger partial charge in [0.15, 0.2) is 0 Å². The second-order valence-corrected chi connectivity index (χ2v) is 5.25. The molecule has 1 atom stereocenters. The molecule has 0 aliphatic heterocycles. The summed E-state index contributed by atoms with van der Waals surface area (Å²) in [4.78, 5) is 4.42. The lowest BCUT2D eigenvalue weighted by Gasteiger charge is -2.11. The highest BCUT2D eigenvalue weighted by atomic mass is 79.9. The van der Waals surface area contributed by atoms with Crippen molar-refractivity contribution in [2.75, 3.05) is 12.3 Å². The molecule has 1 heterocycles. The molecule has 2 N–H and O–H groups in total. The van der Waals surface area contributed by atoms with E-state index >= 15 is 0 Å². The molecule has 1 unspecified atom stereocenters. The molecule has 6 heteroatoms. The minimum absolute atomic E-state index is 0.129. The van der Waals surface area contributed by atoms with Crippen LogP contribution in [0.4, 0.5) is 5.69 Å². The highest BCUT2D eigenvalue weighted by molar-refractivity contribution is 9.10. The first-order valence-corrected chi connectivity index (χ1v) is 7.46. The summed E-state index contributed by atoms with van der Waals surface area (Å²) in [6.07, 6.45) is 1.73. The molecule has 108 valence electrons. The number of rotatable bonds is 6. The maximum Gasteiger partial charge on any atom is 0.260 e. The fraction of sp³-hybridized carbons (Fsp3) is 0.429. The van der Waals surface area contributed by atoms with Crippen molar-refractivity contribution in [1.82, 2.24) is 10.1 Å². The summed E-state index contributed by atoms with van der Waals surface area (Å²) in [7, 11) is 0. The van der Waals surface area contributed by atoms with E-state index in [-0.39, 0.29) is 6.10 Å². The second kappa shape index (κ2) is 6.85. The van der Waals surface area contributed by atoms with Gasteiger partial charge in [-0.3, -0.25) is 0 Å². The van der Waals surface area contributed by atoms with Crippen LogP contribution in [-0.2, 0) is 4.74 Å². The van der Waals surface area contributed by atoms with Gasteiger partial charge in [0, 0.05) is 11.1 Å².